The lowest BCUT2D eigenvalue weighted by Gasteiger charge is -2.33. The Hall–Kier alpha value is -2.37. The fourth-order valence-corrected chi connectivity index (χ4v) is 2.99. The number of hydrogen-bond donors (Lipinski definition) is 2. The molecule has 0 bridgehead atoms. The molecule has 1 aliphatic heterocycles. The van der Waals surface area contributed by atoms with Crippen LogP contribution in [0.4, 0.5) is 10.5 Å². The molecule has 2 aromatic carbocycles. The fourth-order valence-electron chi connectivity index (χ4n) is 2.99. The molecule has 1 aliphatic rings. The van der Waals surface area contributed by atoms with Gasteiger partial charge in [-0.15, -0.1) is 0 Å². The number of benzene rings is 2. The number of ether oxygens (including phenoxy) is 1. The topological polar surface area (TPSA) is 53.6 Å². The average molecular weight is 339 g/mol. The standard InChI is InChI=1S/C20H25N3O2/c1-16-6-5-9-18(12-16)22-20(24)21-13-19-15-23(10-11-25-19)14-17-7-3-2-4-8-17/h2-9,12,19H,10-11,13-15H2,1H3,(H2,21,22,24). The van der Waals surface area contributed by atoms with Crippen LogP contribution in [0, 0.1) is 6.92 Å². The monoisotopic (exact) mass is 339 g/mol. The van der Waals surface area contributed by atoms with Crippen molar-refractivity contribution < 1.29 is 9.53 Å². The third-order valence-electron chi connectivity index (χ3n) is 4.24. The van der Waals surface area contributed by atoms with E-state index >= 15 is 0 Å². The van der Waals surface area contributed by atoms with Gasteiger partial charge >= 0.3 is 6.03 Å². The zero-order chi connectivity index (χ0) is 17.5. The van der Waals surface area contributed by atoms with Crippen molar-refractivity contribution in [3.8, 4) is 0 Å². The minimum atomic E-state index is -0.200. The SMILES string of the molecule is Cc1cccc(NC(=O)NCC2CN(Cc3ccccc3)CCO2)c1. The van der Waals surface area contributed by atoms with Crippen molar-refractivity contribution in [3.05, 3.63) is 65.7 Å². The van der Waals surface area contributed by atoms with E-state index in [0.29, 0.717) is 13.2 Å². The normalized spacial score (nSPS) is 17.9. The molecule has 3 rings (SSSR count). The van der Waals surface area contributed by atoms with Gasteiger partial charge in [0.25, 0.3) is 0 Å². The van der Waals surface area contributed by atoms with Crippen molar-refractivity contribution in [2.75, 3.05) is 31.6 Å². The van der Waals surface area contributed by atoms with Crippen LogP contribution in [0.25, 0.3) is 0 Å². The molecule has 1 heterocycles. The minimum Gasteiger partial charge on any atom is -0.374 e. The Bertz CT molecular complexity index is 690. The van der Waals surface area contributed by atoms with Gasteiger partial charge in [-0.3, -0.25) is 4.90 Å². The van der Waals surface area contributed by atoms with Gasteiger partial charge in [0.05, 0.1) is 12.7 Å². The van der Waals surface area contributed by atoms with E-state index in [1.54, 1.807) is 0 Å². The van der Waals surface area contributed by atoms with Crippen LogP contribution in [0.3, 0.4) is 0 Å². The van der Waals surface area contributed by atoms with Crippen molar-refractivity contribution in [1.82, 2.24) is 10.2 Å². The summed E-state index contributed by atoms with van der Waals surface area (Å²) in [6, 6.07) is 18.0. The number of hydrogen-bond acceptors (Lipinski definition) is 3. The number of carbonyl (C=O) groups excluding carboxylic acids is 1. The first-order valence-electron chi connectivity index (χ1n) is 8.68. The van der Waals surface area contributed by atoms with Crippen LogP contribution in [0.5, 0.6) is 0 Å². The lowest BCUT2D eigenvalue weighted by molar-refractivity contribution is -0.0285. The van der Waals surface area contributed by atoms with Crippen molar-refractivity contribution in [2.24, 2.45) is 0 Å². The van der Waals surface area contributed by atoms with E-state index in [1.807, 2.05) is 37.3 Å². The largest absolute Gasteiger partial charge is 0.374 e. The Balaban J connectivity index is 1.44. The number of carbonyl (C=O) groups is 1. The summed E-state index contributed by atoms with van der Waals surface area (Å²) in [7, 11) is 0. The smallest absolute Gasteiger partial charge is 0.319 e. The van der Waals surface area contributed by atoms with Gasteiger partial charge in [0.1, 0.15) is 0 Å². The third kappa shape index (κ3) is 5.59. The number of nitrogens with one attached hydrogen (secondary N) is 2. The molecule has 1 atom stereocenters. The van der Waals surface area contributed by atoms with Gasteiger partial charge < -0.3 is 15.4 Å². The van der Waals surface area contributed by atoms with Crippen LogP contribution in [0.15, 0.2) is 54.6 Å². The zero-order valence-corrected chi connectivity index (χ0v) is 14.6. The highest BCUT2D eigenvalue weighted by atomic mass is 16.5. The first-order chi connectivity index (χ1) is 12.2. The van der Waals surface area contributed by atoms with E-state index in [2.05, 4.69) is 39.8 Å². The van der Waals surface area contributed by atoms with Crippen LogP contribution >= 0.6 is 0 Å². The second kappa shape index (κ2) is 8.65. The molecule has 132 valence electrons. The molecule has 0 radical (unpaired) electrons. The predicted molar refractivity (Wildman–Crippen MR) is 99.7 cm³/mol. The second-order valence-corrected chi connectivity index (χ2v) is 6.42. The summed E-state index contributed by atoms with van der Waals surface area (Å²) in [6.07, 6.45) is 0.0146. The Kier molecular flexibility index (Phi) is 6.04. The van der Waals surface area contributed by atoms with Crippen LogP contribution in [0.2, 0.25) is 0 Å². The summed E-state index contributed by atoms with van der Waals surface area (Å²) in [4.78, 5) is 14.4. The number of anilines is 1. The Morgan fingerprint density at radius 2 is 2.04 bits per heavy atom. The van der Waals surface area contributed by atoms with E-state index < -0.39 is 0 Å². The number of morpholine rings is 1. The zero-order valence-electron chi connectivity index (χ0n) is 14.6. The first kappa shape index (κ1) is 17.5. The van der Waals surface area contributed by atoms with Gasteiger partial charge in [0.2, 0.25) is 0 Å². The number of nitrogens with zero attached hydrogens (tertiary/aromatic N) is 1. The van der Waals surface area contributed by atoms with Gasteiger partial charge in [-0.25, -0.2) is 4.79 Å². The van der Waals surface area contributed by atoms with Gasteiger partial charge in [0.15, 0.2) is 0 Å². The highest BCUT2D eigenvalue weighted by Crippen LogP contribution is 2.11. The molecule has 5 heteroatoms. The summed E-state index contributed by atoms with van der Waals surface area (Å²) in [5.74, 6) is 0. The summed E-state index contributed by atoms with van der Waals surface area (Å²) in [5, 5.41) is 5.76. The third-order valence-corrected chi connectivity index (χ3v) is 4.24. The van der Waals surface area contributed by atoms with Crippen LogP contribution in [-0.4, -0.2) is 43.3 Å². The van der Waals surface area contributed by atoms with Gasteiger partial charge in [-0.2, -0.15) is 0 Å². The summed E-state index contributed by atoms with van der Waals surface area (Å²) >= 11 is 0. The van der Waals surface area contributed by atoms with Gasteiger partial charge in [0, 0.05) is 31.9 Å². The number of amides is 2. The van der Waals surface area contributed by atoms with Crippen molar-refractivity contribution in [3.63, 3.8) is 0 Å². The molecular formula is C20H25N3O2. The molecule has 0 spiro atoms. The molecule has 1 fully saturated rings. The van der Waals surface area contributed by atoms with Crippen LogP contribution < -0.4 is 10.6 Å². The quantitative estimate of drug-likeness (QED) is 0.880. The molecule has 1 saturated heterocycles. The number of aryl methyl sites for hydroxylation is 1. The van der Waals surface area contributed by atoms with E-state index in [-0.39, 0.29) is 12.1 Å². The van der Waals surface area contributed by atoms with E-state index in [0.717, 1.165) is 30.9 Å². The second-order valence-electron chi connectivity index (χ2n) is 6.42. The minimum absolute atomic E-state index is 0.0146. The van der Waals surface area contributed by atoms with Crippen molar-refractivity contribution in [1.29, 1.82) is 0 Å². The highest BCUT2D eigenvalue weighted by molar-refractivity contribution is 5.89. The maximum atomic E-state index is 12.0. The Labute approximate surface area is 149 Å². The molecule has 0 aliphatic carbocycles. The lowest BCUT2D eigenvalue weighted by Crippen LogP contribution is -2.47. The highest BCUT2D eigenvalue weighted by Gasteiger charge is 2.21. The lowest BCUT2D eigenvalue weighted by atomic mass is 10.2. The predicted octanol–water partition coefficient (Wildman–Crippen LogP) is 3.02. The van der Waals surface area contributed by atoms with Gasteiger partial charge in [-0.05, 0) is 30.2 Å². The van der Waals surface area contributed by atoms with E-state index in [1.165, 1.54) is 5.56 Å². The molecule has 0 saturated carbocycles. The van der Waals surface area contributed by atoms with E-state index in [4.69, 9.17) is 4.74 Å². The fraction of sp³-hybridized carbons (Fsp3) is 0.350. The molecular weight excluding hydrogens is 314 g/mol. The molecule has 2 N–H and O–H groups in total. The Morgan fingerprint density at radius 3 is 2.84 bits per heavy atom. The summed E-state index contributed by atoms with van der Waals surface area (Å²) < 4.78 is 5.78. The maximum Gasteiger partial charge on any atom is 0.319 e. The molecule has 25 heavy (non-hydrogen) atoms. The van der Waals surface area contributed by atoms with Crippen LogP contribution in [0.1, 0.15) is 11.1 Å². The van der Waals surface area contributed by atoms with Crippen molar-refractivity contribution in [2.45, 2.75) is 19.6 Å². The molecule has 0 aromatic heterocycles. The average Bonchev–Trinajstić information content (AvgIpc) is 2.61. The Morgan fingerprint density at radius 1 is 1.20 bits per heavy atom. The summed E-state index contributed by atoms with van der Waals surface area (Å²) in [5.41, 5.74) is 3.21. The van der Waals surface area contributed by atoms with E-state index in [9.17, 15) is 4.79 Å². The number of urea groups is 1. The summed E-state index contributed by atoms with van der Waals surface area (Å²) in [6.45, 7) is 5.85. The first-order valence-corrected chi connectivity index (χ1v) is 8.68. The number of rotatable bonds is 5. The molecule has 2 amide bonds. The molecule has 1 unspecified atom stereocenters. The molecule has 5 nitrogen and oxygen atoms in total. The van der Waals surface area contributed by atoms with Crippen molar-refractivity contribution >= 4 is 11.7 Å². The van der Waals surface area contributed by atoms with Gasteiger partial charge in [-0.1, -0.05) is 42.5 Å². The maximum absolute atomic E-state index is 12.0. The van der Waals surface area contributed by atoms with Crippen LogP contribution in [-0.2, 0) is 11.3 Å². The molecule has 2 aromatic rings.